The first-order chi connectivity index (χ1) is 14.6. The second kappa shape index (κ2) is 7.36. The van der Waals surface area contributed by atoms with Gasteiger partial charge in [0.1, 0.15) is 5.76 Å². The van der Waals surface area contributed by atoms with Crippen LogP contribution in [0, 0.1) is 6.92 Å². The Labute approximate surface area is 174 Å². The van der Waals surface area contributed by atoms with Crippen LogP contribution < -0.4 is 5.56 Å². The number of furan rings is 1. The van der Waals surface area contributed by atoms with Gasteiger partial charge in [0.15, 0.2) is 5.76 Å². The summed E-state index contributed by atoms with van der Waals surface area (Å²) in [7, 11) is 0. The lowest BCUT2D eigenvalue weighted by Gasteiger charge is -2.27. The summed E-state index contributed by atoms with van der Waals surface area (Å²) in [6.45, 7) is 5.32. The monoisotopic (exact) mass is 404 g/mol. The molecule has 0 radical (unpaired) electrons. The van der Waals surface area contributed by atoms with Crippen LogP contribution in [0.4, 0.5) is 0 Å². The molecule has 1 saturated heterocycles. The Kier molecular flexibility index (Phi) is 4.66. The minimum absolute atomic E-state index is 0.148. The van der Waals surface area contributed by atoms with Gasteiger partial charge in [-0.05, 0) is 58.0 Å². The van der Waals surface area contributed by atoms with Gasteiger partial charge in [0.05, 0.1) is 16.8 Å². The molecule has 1 aliphatic heterocycles. The van der Waals surface area contributed by atoms with E-state index in [1.807, 2.05) is 0 Å². The molecule has 1 aliphatic carbocycles. The lowest BCUT2D eigenvalue weighted by atomic mass is 9.88. The standard InChI is InChI=1S/C24H24N2O4/c1-15-14-18-21(27)22(28)19-16-8-3-4-9-17(16)24(29)26(20(19)23(18)30-15)13-7-12-25-10-5-2-6-11-25/h3-4,8-9,14H,2,5-7,10-13H2,1H3. The van der Waals surface area contributed by atoms with Crippen molar-refractivity contribution in [1.29, 1.82) is 0 Å². The highest BCUT2D eigenvalue weighted by Crippen LogP contribution is 2.38. The van der Waals surface area contributed by atoms with Crippen LogP contribution in [0.1, 0.15) is 52.2 Å². The highest BCUT2D eigenvalue weighted by molar-refractivity contribution is 6.54. The highest BCUT2D eigenvalue weighted by Gasteiger charge is 2.37. The van der Waals surface area contributed by atoms with Gasteiger partial charge in [0.25, 0.3) is 5.56 Å². The molecule has 3 heterocycles. The quantitative estimate of drug-likeness (QED) is 0.618. The molecule has 154 valence electrons. The van der Waals surface area contributed by atoms with Crippen molar-refractivity contribution in [2.45, 2.75) is 39.2 Å². The molecule has 6 nitrogen and oxygen atoms in total. The van der Waals surface area contributed by atoms with Crippen molar-refractivity contribution < 1.29 is 14.0 Å². The maximum atomic E-state index is 13.4. The Morgan fingerprint density at radius 3 is 2.43 bits per heavy atom. The molecule has 0 atom stereocenters. The van der Waals surface area contributed by atoms with Gasteiger partial charge in [-0.15, -0.1) is 0 Å². The molecule has 0 saturated carbocycles. The van der Waals surface area contributed by atoms with Crippen LogP contribution >= 0.6 is 0 Å². The van der Waals surface area contributed by atoms with Gasteiger partial charge in [-0.1, -0.05) is 24.6 Å². The van der Waals surface area contributed by atoms with Crippen molar-refractivity contribution in [3.63, 3.8) is 0 Å². The fraction of sp³-hybridized carbons (Fsp3) is 0.375. The third-order valence-electron chi connectivity index (χ3n) is 6.23. The molecular weight excluding hydrogens is 380 g/mol. The van der Waals surface area contributed by atoms with Crippen LogP contribution in [0.5, 0.6) is 0 Å². The van der Waals surface area contributed by atoms with E-state index in [-0.39, 0.29) is 16.7 Å². The van der Waals surface area contributed by atoms with Crippen LogP contribution in [-0.2, 0) is 6.54 Å². The first-order valence-electron chi connectivity index (χ1n) is 10.6. The number of hydrogen-bond acceptors (Lipinski definition) is 5. The Bertz CT molecular complexity index is 1230. The number of pyridine rings is 1. The summed E-state index contributed by atoms with van der Waals surface area (Å²) in [5.41, 5.74) is 0.842. The molecular formula is C24H24N2O4. The number of rotatable bonds is 4. The number of likely N-dealkylation sites (tertiary alicyclic amines) is 1. The van der Waals surface area contributed by atoms with Crippen LogP contribution in [0.3, 0.4) is 0 Å². The first kappa shape index (κ1) is 19.0. The lowest BCUT2D eigenvalue weighted by molar-refractivity contribution is 0.0815. The van der Waals surface area contributed by atoms with Gasteiger partial charge >= 0.3 is 0 Å². The van der Waals surface area contributed by atoms with Gasteiger partial charge < -0.3 is 13.9 Å². The van der Waals surface area contributed by atoms with E-state index in [1.54, 1.807) is 41.8 Å². The normalized spacial score (nSPS) is 16.7. The van der Waals surface area contributed by atoms with E-state index in [1.165, 1.54) is 19.3 Å². The van der Waals surface area contributed by atoms with Crippen molar-refractivity contribution in [1.82, 2.24) is 9.47 Å². The Morgan fingerprint density at radius 1 is 0.933 bits per heavy atom. The minimum atomic E-state index is -0.571. The van der Waals surface area contributed by atoms with Crippen LogP contribution in [0.2, 0.25) is 0 Å². The summed E-state index contributed by atoms with van der Waals surface area (Å²) in [5, 5.41) is 0.977. The van der Waals surface area contributed by atoms with E-state index < -0.39 is 11.6 Å². The molecule has 0 bridgehead atoms. The molecule has 0 amide bonds. The number of nitrogens with zero attached hydrogens (tertiary/aromatic N) is 2. The SMILES string of the molecule is Cc1cc2c(o1)-c1c(c3ccccc3c(=O)n1CCCN1CCCCC1)C(=O)C2=O. The van der Waals surface area contributed by atoms with Crippen molar-refractivity contribution in [3.8, 4) is 11.5 Å². The number of carbonyl (C=O) groups is 2. The summed E-state index contributed by atoms with van der Waals surface area (Å²) < 4.78 is 7.50. The van der Waals surface area contributed by atoms with Gasteiger partial charge in [-0.3, -0.25) is 14.4 Å². The third-order valence-corrected chi connectivity index (χ3v) is 6.23. The zero-order valence-corrected chi connectivity index (χ0v) is 17.1. The number of fused-ring (bicyclic) bond motifs is 5. The number of benzene rings is 1. The summed E-state index contributed by atoms with van der Waals surface area (Å²) in [4.78, 5) is 41.7. The molecule has 2 aliphatic rings. The fourth-order valence-corrected chi connectivity index (χ4v) is 4.81. The fourth-order valence-electron chi connectivity index (χ4n) is 4.81. The predicted octanol–water partition coefficient (Wildman–Crippen LogP) is 3.82. The van der Waals surface area contributed by atoms with Crippen molar-refractivity contribution in [2.24, 2.45) is 0 Å². The number of carbonyl (C=O) groups excluding carboxylic acids is 2. The topological polar surface area (TPSA) is 72.5 Å². The molecule has 0 N–H and O–H groups in total. The second-order valence-electron chi connectivity index (χ2n) is 8.24. The zero-order valence-electron chi connectivity index (χ0n) is 17.1. The number of aryl methyl sites for hydroxylation is 1. The molecule has 0 unspecified atom stereocenters. The second-order valence-corrected chi connectivity index (χ2v) is 8.24. The summed E-state index contributed by atoms with van der Waals surface area (Å²) >= 11 is 0. The average molecular weight is 404 g/mol. The molecule has 2 aromatic heterocycles. The van der Waals surface area contributed by atoms with Gasteiger partial charge in [-0.25, -0.2) is 0 Å². The lowest BCUT2D eigenvalue weighted by Crippen LogP contribution is -2.33. The maximum absolute atomic E-state index is 13.4. The number of aromatic nitrogens is 1. The van der Waals surface area contributed by atoms with E-state index in [0.29, 0.717) is 34.5 Å². The summed E-state index contributed by atoms with van der Waals surface area (Å²) in [5.74, 6) is -0.250. The van der Waals surface area contributed by atoms with Crippen molar-refractivity contribution in [3.05, 3.63) is 57.6 Å². The Morgan fingerprint density at radius 2 is 1.67 bits per heavy atom. The molecule has 0 spiro atoms. The maximum Gasteiger partial charge on any atom is 0.259 e. The molecule has 1 aromatic carbocycles. The third kappa shape index (κ3) is 2.94. The largest absolute Gasteiger partial charge is 0.459 e. The van der Waals surface area contributed by atoms with Crippen LogP contribution in [0.15, 0.2) is 39.5 Å². The van der Waals surface area contributed by atoms with Crippen LogP contribution in [0.25, 0.3) is 22.2 Å². The number of Topliss-reactive ketones (excluding diaryl/α,β-unsaturated/α-hetero) is 2. The van der Waals surface area contributed by atoms with Gasteiger partial charge in [0.2, 0.25) is 11.6 Å². The van der Waals surface area contributed by atoms with Crippen molar-refractivity contribution >= 4 is 22.3 Å². The highest BCUT2D eigenvalue weighted by atomic mass is 16.3. The number of piperidine rings is 1. The first-order valence-corrected chi connectivity index (χ1v) is 10.6. The van der Waals surface area contributed by atoms with E-state index in [4.69, 9.17) is 4.42 Å². The molecule has 1 fully saturated rings. The van der Waals surface area contributed by atoms with Gasteiger partial charge in [0, 0.05) is 17.3 Å². The van der Waals surface area contributed by atoms with E-state index in [0.717, 1.165) is 26.1 Å². The van der Waals surface area contributed by atoms with Crippen LogP contribution in [-0.4, -0.2) is 40.7 Å². The number of hydrogen-bond donors (Lipinski definition) is 0. The Balaban J connectivity index is 1.65. The van der Waals surface area contributed by atoms with E-state index in [2.05, 4.69) is 4.90 Å². The number of ketones is 2. The Hall–Kier alpha value is -2.99. The molecule has 5 rings (SSSR count). The van der Waals surface area contributed by atoms with Gasteiger partial charge in [-0.2, -0.15) is 0 Å². The molecule has 3 aromatic rings. The zero-order chi connectivity index (χ0) is 20.8. The smallest absolute Gasteiger partial charge is 0.259 e. The minimum Gasteiger partial charge on any atom is -0.459 e. The summed E-state index contributed by atoms with van der Waals surface area (Å²) in [6.07, 6.45) is 4.51. The summed E-state index contributed by atoms with van der Waals surface area (Å²) in [6, 6.07) is 8.62. The predicted molar refractivity (Wildman–Crippen MR) is 114 cm³/mol. The van der Waals surface area contributed by atoms with Crippen molar-refractivity contribution in [2.75, 3.05) is 19.6 Å². The molecule has 30 heavy (non-hydrogen) atoms. The van der Waals surface area contributed by atoms with E-state index >= 15 is 0 Å². The average Bonchev–Trinajstić information content (AvgIpc) is 3.16. The molecule has 6 heteroatoms. The van der Waals surface area contributed by atoms with E-state index in [9.17, 15) is 14.4 Å².